The zero-order valence-electron chi connectivity index (χ0n) is 27.7. The molecule has 258 valence electrons. The Morgan fingerprint density at radius 1 is 1.02 bits per heavy atom. The number of aromatic nitrogens is 9. The Bertz CT molecular complexity index is 1890. The molecule has 2 bridgehead atoms. The number of hydrogen-bond acceptors (Lipinski definition) is 14. The van der Waals surface area contributed by atoms with E-state index in [0.717, 1.165) is 55.0 Å². The van der Waals surface area contributed by atoms with E-state index in [4.69, 9.17) is 19.3 Å². The van der Waals surface area contributed by atoms with Gasteiger partial charge in [0.25, 0.3) is 5.88 Å². The van der Waals surface area contributed by atoms with Crippen LogP contribution in [0, 0.1) is 11.3 Å². The number of nitrogens with one attached hydrogen (secondary N) is 1. The fraction of sp³-hybridized carbons (Fsp3) is 0.471. The average Bonchev–Trinajstić information content (AvgIpc) is 3.97. The molecule has 2 aliphatic heterocycles. The van der Waals surface area contributed by atoms with Crippen molar-refractivity contribution < 1.29 is 14.2 Å². The highest BCUT2D eigenvalue weighted by atomic mass is 32.1. The van der Waals surface area contributed by atoms with Gasteiger partial charge in [-0.25, -0.2) is 19.6 Å². The van der Waals surface area contributed by atoms with E-state index in [9.17, 15) is 5.26 Å². The van der Waals surface area contributed by atoms with E-state index in [-0.39, 0.29) is 12.1 Å². The van der Waals surface area contributed by atoms with Gasteiger partial charge in [0, 0.05) is 47.7 Å². The van der Waals surface area contributed by atoms with Gasteiger partial charge in [0.2, 0.25) is 5.95 Å². The van der Waals surface area contributed by atoms with E-state index in [2.05, 4.69) is 51.4 Å². The summed E-state index contributed by atoms with van der Waals surface area (Å²) in [6.45, 7) is 4.41. The summed E-state index contributed by atoms with van der Waals surface area (Å²) in [5.41, 5.74) is 2.73. The Morgan fingerprint density at radius 2 is 1.80 bits per heavy atom. The number of tetrazole rings is 1. The number of anilines is 2. The predicted octanol–water partition coefficient (Wildman–Crippen LogP) is 4.79. The highest BCUT2D eigenvalue weighted by Gasteiger charge is 2.42. The first-order chi connectivity index (χ1) is 24.6. The second-order valence-corrected chi connectivity index (χ2v) is 14.1. The minimum Gasteiger partial charge on any atom is -0.487 e. The standard InChI is InChI=1S/C34H38N12O3S/c1-22(16-44-21-39-42-43-44)49-31-12-23(2-3-24(31)13-35)25-14-37-34(38-15-25)40-30-17-45(41-33(30)48-20-32-36-10-11-50-32)26-4-6-27(7-5-26)46-28-8-9-29(46)19-47-18-28/h2-3,10-12,14-15,17,21-22,26-29H,4-9,16,18-20H2,1H3,(H,37,38,40)/t22-,26-,27-,28-,29+/m0/s1. The zero-order valence-corrected chi connectivity index (χ0v) is 28.5. The summed E-state index contributed by atoms with van der Waals surface area (Å²) in [4.78, 5) is 16.4. The van der Waals surface area contributed by atoms with Crippen molar-refractivity contribution >= 4 is 23.0 Å². The Labute approximate surface area is 293 Å². The molecular formula is C34H38N12O3S. The fourth-order valence-corrected chi connectivity index (χ4v) is 7.95. The third-order valence-corrected chi connectivity index (χ3v) is 10.5. The van der Waals surface area contributed by atoms with Crippen LogP contribution in [0.4, 0.5) is 11.6 Å². The van der Waals surface area contributed by atoms with Crippen molar-refractivity contribution in [1.29, 1.82) is 5.26 Å². The first-order valence-corrected chi connectivity index (χ1v) is 17.9. The SMILES string of the molecule is C[C@@H](Cn1cnnn1)Oc1cc(-c2cnc(Nc3cn([C@H]4CC[C@H](N5[C@@H]6CC[C@H]5COC6)CC4)nc3OCc3nccs3)nc2)ccc1C#N. The minimum absolute atomic E-state index is 0.272. The smallest absolute Gasteiger partial charge is 0.257 e. The van der Waals surface area contributed by atoms with E-state index in [1.54, 1.807) is 40.7 Å². The van der Waals surface area contributed by atoms with Gasteiger partial charge in [-0.15, -0.1) is 21.5 Å². The molecule has 1 aliphatic carbocycles. The maximum atomic E-state index is 9.69. The lowest BCUT2D eigenvalue weighted by molar-refractivity contribution is -0.0458. The van der Waals surface area contributed by atoms with E-state index in [0.29, 0.717) is 60.1 Å². The largest absolute Gasteiger partial charge is 0.487 e. The summed E-state index contributed by atoms with van der Waals surface area (Å²) in [5, 5.41) is 32.0. The lowest BCUT2D eigenvalue weighted by Gasteiger charge is -2.43. The average molecular weight is 695 g/mol. The Hall–Kier alpha value is -4.98. The van der Waals surface area contributed by atoms with Crippen LogP contribution in [0.1, 0.15) is 62.1 Å². The normalized spacial score (nSPS) is 22.6. The number of rotatable bonds is 12. The molecule has 50 heavy (non-hydrogen) atoms. The van der Waals surface area contributed by atoms with Crippen LogP contribution in [0.2, 0.25) is 0 Å². The molecule has 6 heterocycles. The molecule has 2 saturated heterocycles. The number of benzene rings is 1. The fourth-order valence-electron chi connectivity index (χ4n) is 7.42. The molecular weight excluding hydrogens is 657 g/mol. The molecule has 0 spiro atoms. The molecule has 3 aliphatic rings. The molecule has 8 rings (SSSR count). The second-order valence-electron chi connectivity index (χ2n) is 13.1. The van der Waals surface area contributed by atoms with E-state index in [1.807, 2.05) is 30.6 Å². The van der Waals surface area contributed by atoms with Crippen molar-refractivity contribution in [3.8, 4) is 28.8 Å². The third kappa shape index (κ3) is 7.02. The van der Waals surface area contributed by atoms with Gasteiger partial charge in [-0.05, 0) is 73.6 Å². The predicted molar refractivity (Wildman–Crippen MR) is 183 cm³/mol. The lowest BCUT2D eigenvalue weighted by Crippen LogP contribution is -2.52. The molecule has 4 aromatic heterocycles. The molecule has 5 aromatic rings. The van der Waals surface area contributed by atoms with Crippen molar-refractivity contribution in [1.82, 2.24) is 49.8 Å². The monoisotopic (exact) mass is 694 g/mol. The number of ether oxygens (including phenoxy) is 3. The van der Waals surface area contributed by atoms with Gasteiger partial charge in [0.15, 0.2) is 0 Å². The third-order valence-electron chi connectivity index (χ3n) is 9.77. The highest BCUT2D eigenvalue weighted by molar-refractivity contribution is 7.09. The summed E-state index contributed by atoms with van der Waals surface area (Å²) < 4.78 is 21.8. The molecule has 3 atom stereocenters. The van der Waals surface area contributed by atoms with Gasteiger partial charge in [0.1, 0.15) is 41.6 Å². The van der Waals surface area contributed by atoms with Crippen LogP contribution in [0.5, 0.6) is 11.6 Å². The Balaban J connectivity index is 0.961. The second kappa shape index (κ2) is 14.5. The molecule has 16 heteroatoms. The number of nitrogens with zero attached hydrogens (tertiary/aromatic N) is 11. The van der Waals surface area contributed by atoms with Crippen LogP contribution in [-0.2, 0) is 17.9 Å². The molecule has 1 saturated carbocycles. The van der Waals surface area contributed by atoms with E-state index in [1.165, 1.54) is 19.2 Å². The molecule has 15 nitrogen and oxygen atoms in total. The maximum Gasteiger partial charge on any atom is 0.257 e. The van der Waals surface area contributed by atoms with Crippen LogP contribution in [-0.4, -0.2) is 87.3 Å². The highest BCUT2D eigenvalue weighted by Crippen LogP contribution is 2.39. The van der Waals surface area contributed by atoms with E-state index < -0.39 is 0 Å². The summed E-state index contributed by atoms with van der Waals surface area (Å²) in [6, 6.07) is 9.69. The van der Waals surface area contributed by atoms with Gasteiger partial charge in [-0.2, -0.15) is 5.26 Å². The number of morpholine rings is 1. The summed E-state index contributed by atoms with van der Waals surface area (Å²) >= 11 is 1.55. The van der Waals surface area contributed by atoms with Crippen LogP contribution in [0.3, 0.4) is 0 Å². The van der Waals surface area contributed by atoms with Gasteiger partial charge in [0.05, 0.1) is 37.6 Å². The molecule has 1 aromatic carbocycles. The Morgan fingerprint density at radius 3 is 2.52 bits per heavy atom. The van der Waals surface area contributed by atoms with Crippen molar-refractivity contribution in [2.24, 2.45) is 0 Å². The molecule has 0 amide bonds. The van der Waals surface area contributed by atoms with Crippen LogP contribution in [0.15, 0.2) is 54.7 Å². The van der Waals surface area contributed by atoms with Crippen LogP contribution in [0.25, 0.3) is 11.1 Å². The first kappa shape index (κ1) is 32.2. The molecule has 0 unspecified atom stereocenters. The molecule has 0 radical (unpaired) electrons. The molecule has 1 N–H and O–H groups in total. The van der Waals surface area contributed by atoms with Gasteiger partial charge in [-0.1, -0.05) is 6.07 Å². The summed E-state index contributed by atoms with van der Waals surface area (Å²) in [7, 11) is 0. The van der Waals surface area contributed by atoms with Crippen molar-refractivity contribution in [3.05, 3.63) is 65.3 Å². The number of fused-ring (bicyclic) bond motifs is 2. The van der Waals surface area contributed by atoms with Gasteiger partial charge >= 0.3 is 0 Å². The zero-order chi connectivity index (χ0) is 33.9. The van der Waals surface area contributed by atoms with Crippen molar-refractivity contribution in [2.75, 3.05) is 18.5 Å². The molecule has 3 fully saturated rings. The maximum absolute atomic E-state index is 9.69. The quantitative estimate of drug-likeness (QED) is 0.190. The van der Waals surface area contributed by atoms with Crippen molar-refractivity contribution in [2.45, 2.75) is 88.9 Å². The topological polar surface area (TPSA) is 167 Å². The summed E-state index contributed by atoms with van der Waals surface area (Å²) in [5.74, 6) is 1.37. The Kier molecular flexibility index (Phi) is 9.33. The van der Waals surface area contributed by atoms with Crippen LogP contribution >= 0.6 is 11.3 Å². The van der Waals surface area contributed by atoms with Crippen molar-refractivity contribution in [3.63, 3.8) is 0 Å². The van der Waals surface area contributed by atoms with Crippen LogP contribution < -0.4 is 14.8 Å². The minimum atomic E-state index is -0.272. The number of thiazole rings is 1. The van der Waals surface area contributed by atoms with E-state index >= 15 is 0 Å². The summed E-state index contributed by atoms with van der Waals surface area (Å²) in [6.07, 6.45) is 15.5. The van der Waals surface area contributed by atoms with Gasteiger partial charge in [-0.3, -0.25) is 9.58 Å². The number of hydrogen-bond donors (Lipinski definition) is 1. The lowest BCUT2D eigenvalue weighted by atomic mass is 9.89. The first-order valence-electron chi connectivity index (χ1n) is 17.1. The van der Waals surface area contributed by atoms with Gasteiger partial charge < -0.3 is 19.5 Å². The number of nitriles is 1.